The van der Waals surface area contributed by atoms with E-state index >= 15 is 0 Å². The van der Waals surface area contributed by atoms with Gasteiger partial charge in [-0.05, 0) is 40.2 Å². The fraction of sp³-hybridized carbons (Fsp3) is 0.695. The predicted molar refractivity (Wildman–Crippen MR) is 303 cm³/mol. The van der Waals surface area contributed by atoms with Crippen LogP contribution in [0.1, 0.15) is 79.1 Å². The van der Waals surface area contributed by atoms with Crippen molar-refractivity contribution in [3.8, 4) is 0 Å². The lowest BCUT2D eigenvalue weighted by molar-refractivity contribution is -0.308. The van der Waals surface area contributed by atoms with Gasteiger partial charge in [-0.1, -0.05) is 98.9 Å². The van der Waals surface area contributed by atoms with Gasteiger partial charge in [-0.2, -0.15) is 0 Å². The standard InChI is InChI=1S/C59H94N4O20/c1-37-19-17-15-13-11-9-7-8-10-12-14-16-18-20-44(82-58-56(75)53(55(74)40(4)81-58)61-49(70)35-60-5)32-48-52(57(76)63-25-23-62(24-26-63)50(71)36-79-28-27-78-6)47(69)34-59(77,83-48)33-43(66)30-46(68)45(67)22-21-41(64)29-42(65)31-51(72)80-39(3)38(2)54(37)73/h7-20,37-48,52-56,58,60,64-69,73-75,77H,21-36H2,1-6H3,(H,61,70)/b8-7+,11-9+,12-10+,15-13+,16-14+,19-17+,20-18+/t37-,38-,39-,40+,41+,42+,43-,44-,45+,46+,47-,48-,52+,53-,54+,55+,56-,58-,59+/m0/s1. The molecule has 83 heavy (non-hydrogen) atoms. The minimum Gasteiger partial charge on any atom is -0.462 e. The molecule has 3 fully saturated rings. The molecule has 0 spiro atoms. The van der Waals surface area contributed by atoms with Crippen LogP contribution in [0.25, 0.3) is 0 Å². The number of carbonyl (C=O) groups excluding carboxylic acids is 4. The molecule has 0 aromatic heterocycles. The van der Waals surface area contributed by atoms with Gasteiger partial charge in [-0.15, -0.1) is 0 Å². The number of cyclic esters (lactones) is 1. The molecule has 470 valence electrons. The van der Waals surface area contributed by atoms with Crippen LogP contribution >= 0.6 is 0 Å². The number of piperazine rings is 1. The molecule has 2 bridgehead atoms. The molecule has 4 aliphatic heterocycles. The molecule has 3 amide bonds. The second-order valence-corrected chi connectivity index (χ2v) is 22.0. The van der Waals surface area contributed by atoms with Crippen LogP contribution in [0.4, 0.5) is 0 Å². The van der Waals surface area contributed by atoms with Crippen LogP contribution in [0.2, 0.25) is 0 Å². The molecule has 12 N–H and O–H groups in total. The Bertz CT molecular complexity index is 2190. The van der Waals surface area contributed by atoms with E-state index < -0.39 is 153 Å². The second-order valence-electron chi connectivity index (χ2n) is 22.0. The van der Waals surface area contributed by atoms with Crippen LogP contribution in [-0.2, 0) is 47.6 Å². The smallest absolute Gasteiger partial charge is 0.308 e. The molecular formula is C59H94N4O20. The molecule has 0 unspecified atom stereocenters. The summed E-state index contributed by atoms with van der Waals surface area (Å²) in [5.74, 6) is -6.67. The molecule has 24 heteroatoms. The molecule has 4 heterocycles. The SMILES string of the molecule is CNCC(=O)N[C@@H]1[C@H](O)[C@H](O[C@H]2/C=C/C=C/C=C/C=C/C=C/C=C/C=C/[C@H](C)[C@@H](O)[C@@H](C)[C@H](C)OC(=O)C[C@H](O)C[C@H](O)CC[C@@H](O)[C@H](O)C[C@H](O)C[C@]3(O)C[C@H](O)[C@@H](C(=O)N4CCN(C(=O)COCCOC)CC4)[C@H](C2)O3)O[C@H](C)[C@H]1O. The minimum atomic E-state index is -2.37. The van der Waals surface area contributed by atoms with Gasteiger partial charge in [-0.25, -0.2) is 0 Å². The van der Waals surface area contributed by atoms with Crippen LogP contribution in [-0.4, -0.2) is 249 Å². The van der Waals surface area contributed by atoms with E-state index in [1.807, 2.05) is 25.2 Å². The number of rotatable bonds is 11. The van der Waals surface area contributed by atoms with Gasteiger partial charge in [-0.3, -0.25) is 19.2 Å². The number of fused-ring (bicyclic) bond motifs is 2. The summed E-state index contributed by atoms with van der Waals surface area (Å²) in [5.41, 5.74) is 0. The number of allylic oxidation sites excluding steroid dienone is 12. The lowest BCUT2D eigenvalue weighted by Crippen LogP contribution is -2.64. The van der Waals surface area contributed by atoms with Crippen molar-refractivity contribution < 1.29 is 98.7 Å². The lowest BCUT2D eigenvalue weighted by atomic mass is 9.81. The number of likely N-dealkylation sites (N-methyl/N-ethyl adjacent to an activating group) is 1. The second kappa shape index (κ2) is 36.4. The highest BCUT2D eigenvalue weighted by atomic mass is 16.7. The highest BCUT2D eigenvalue weighted by molar-refractivity contribution is 5.81. The van der Waals surface area contributed by atoms with Gasteiger partial charge >= 0.3 is 5.97 Å². The summed E-state index contributed by atoms with van der Waals surface area (Å²) in [6.07, 6.45) is 2.82. The minimum absolute atomic E-state index is 0.0693. The fourth-order valence-corrected chi connectivity index (χ4v) is 10.3. The quantitative estimate of drug-likeness (QED) is 0.0902. The third-order valence-electron chi connectivity index (χ3n) is 15.2. The Balaban J connectivity index is 1.67. The molecule has 0 saturated carbocycles. The predicted octanol–water partition coefficient (Wildman–Crippen LogP) is -0.662. The largest absolute Gasteiger partial charge is 0.462 e. The third-order valence-corrected chi connectivity index (χ3v) is 15.2. The van der Waals surface area contributed by atoms with Crippen molar-refractivity contribution in [3.63, 3.8) is 0 Å². The third kappa shape index (κ3) is 24.0. The molecule has 3 saturated heterocycles. The molecule has 24 nitrogen and oxygen atoms in total. The van der Waals surface area contributed by atoms with E-state index in [1.54, 1.807) is 92.6 Å². The molecule has 0 aliphatic carbocycles. The van der Waals surface area contributed by atoms with E-state index in [9.17, 15) is 70.2 Å². The van der Waals surface area contributed by atoms with E-state index in [0.717, 1.165) is 0 Å². The van der Waals surface area contributed by atoms with Gasteiger partial charge in [0, 0.05) is 70.8 Å². The molecule has 4 rings (SSSR count). The van der Waals surface area contributed by atoms with Crippen molar-refractivity contribution in [2.24, 2.45) is 17.8 Å². The summed E-state index contributed by atoms with van der Waals surface area (Å²) >= 11 is 0. The molecular weight excluding hydrogens is 1080 g/mol. The van der Waals surface area contributed by atoms with Crippen molar-refractivity contribution in [2.75, 3.05) is 66.7 Å². The van der Waals surface area contributed by atoms with Crippen LogP contribution in [0.3, 0.4) is 0 Å². The number of aliphatic hydroxyl groups is 10. The number of methoxy groups -OCH3 is 1. The topological polar surface area (TPSA) is 357 Å². The van der Waals surface area contributed by atoms with Crippen molar-refractivity contribution in [2.45, 2.75) is 177 Å². The van der Waals surface area contributed by atoms with Gasteiger partial charge in [0.15, 0.2) is 12.1 Å². The summed E-state index contributed by atoms with van der Waals surface area (Å²) in [7, 11) is 3.06. The Hall–Kier alpha value is -4.58. The molecule has 0 radical (unpaired) electrons. The average molecular weight is 1180 g/mol. The summed E-state index contributed by atoms with van der Waals surface area (Å²) in [4.78, 5) is 56.1. The Labute approximate surface area is 487 Å². The first-order chi connectivity index (χ1) is 39.5. The Morgan fingerprint density at radius 2 is 1.28 bits per heavy atom. The van der Waals surface area contributed by atoms with Crippen LogP contribution in [0.15, 0.2) is 85.1 Å². The zero-order chi connectivity index (χ0) is 61.2. The average Bonchev–Trinajstić information content (AvgIpc) is 3.57. The summed E-state index contributed by atoms with van der Waals surface area (Å²) in [5, 5.41) is 118. The number of nitrogens with zero attached hydrogens (tertiary/aromatic N) is 2. The summed E-state index contributed by atoms with van der Waals surface area (Å²) in [6, 6.07) is -1.25. The van der Waals surface area contributed by atoms with Gasteiger partial charge in [0.2, 0.25) is 17.7 Å². The van der Waals surface area contributed by atoms with Crippen molar-refractivity contribution in [1.29, 1.82) is 0 Å². The highest BCUT2D eigenvalue weighted by Gasteiger charge is 2.52. The van der Waals surface area contributed by atoms with Crippen molar-refractivity contribution >= 4 is 23.7 Å². The van der Waals surface area contributed by atoms with Crippen LogP contribution < -0.4 is 10.6 Å². The maximum atomic E-state index is 14.7. The first kappa shape index (κ1) is 70.9. The Morgan fingerprint density at radius 1 is 0.675 bits per heavy atom. The highest BCUT2D eigenvalue weighted by Crippen LogP contribution is 2.39. The van der Waals surface area contributed by atoms with E-state index in [0.29, 0.717) is 6.61 Å². The number of nitrogens with one attached hydrogen (secondary N) is 2. The van der Waals surface area contributed by atoms with Crippen molar-refractivity contribution in [1.82, 2.24) is 20.4 Å². The van der Waals surface area contributed by atoms with Gasteiger partial charge in [0.25, 0.3) is 0 Å². The molecule has 4 aliphatic rings. The summed E-state index contributed by atoms with van der Waals surface area (Å²) in [6.45, 7) is 7.35. The van der Waals surface area contributed by atoms with Gasteiger partial charge in [0.1, 0.15) is 24.9 Å². The zero-order valence-electron chi connectivity index (χ0n) is 48.7. The molecule has 0 aromatic carbocycles. The monoisotopic (exact) mass is 1180 g/mol. The first-order valence-electron chi connectivity index (χ1n) is 28.8. The Morgan fingerprint density at radius 3 is 1.89 bits per heavy atom. The number of carbonyl (C=O) groups is 4. The maximum Gasteiger partial charge on any atom is 0.308 e. The number of amides is 3. The first-order valence-corrected chi connectivity index (χ1v) is 28.8. The normalized spacial score (nSPS) is 39.3. The maximum absolute atomic E-state index is 14.7. The molecule has 19 atom stereocenters. The van der Waals surface area contributed by atoms with E-state index in [-0.39, 0.29) is 83.4 Å². The zero-order valence-corrected chi connectivity index (χ0v) is 48.7. The lowest BCUT2D eigenvalue weighted by Gasteiger charge is -2.47. The Kier molecular flexibility index (Phi) is 31.1. The number of esters is 1. The van der Waals surface area contributed by atoms with E-state index in [1.165, 1.54) is 18.9 Å². The molecule has 0 aromatic rings. The number of ether oxygens (including phenoxy) is 6. The van der Waals surface area contributed by atoms with Crippen molar-refractivity contribution in [3.05, 3.63) is 85.1 Å². The van der Waals surface area contributed by atoms with E-state index in [2.05, 4.69) is 10.6 Å². The van der Waals surface area contributed by atoms with Gasteiger partial charge in [0.05, 0.1) is 99.2 Å². The summed E-state index contributed by atoms with van der Waals surface area (Å²) < 4.78 is 34.7. The van der Waals surface area contributed by atoms with Crippen LogP contribution in [0.5, 0.6) is 0 Å². The van der Waals surface area contributed by atoms with Crippen LogP contribution in [0, 0.1) is 17.8 Å². The fourth-order valence-electron chi connectivity index (χ4n) is 10.3. The number of hydrogen-bond acceptors (Lipinski definition) is 21. The van der Waals surface area contributed by atoms with Gasteiger partial charge < -0.3 is 99.9 Å². The van der Waals surface area contributed by atoms with E-state index in [4.69, 9.17) is 28.4 Å². The number of aliphatic hydroxyl groups excluding tert-OH is 9. The number of hydrogen-bond donors (Lipinski definition) is 12.